The zero-order valence-electron chi connectivity index (χ0n) is 14.0. The van der Waals surface area contributed by atoms with Crippen LogP contribution in [0.4, 0.5) is 0 Å². The highest BCUT2D eigenvalue weighted by Crippen LogP contribution is 2.23. The zero-order valence-corrected chi connectivity index (χ0v) is 15.5. The topological polar surface area (TPSA) is 69.3 Å². The lowest BCUT2D eigenvalue weighted by atomic mass is 10.2. The van der Waals surface area contributed by atoms with Crippen molar-refractivity contribution in [2.75, 3.05) is 6.54 Å². The summed E-state index contributed by atoms with van der Waals surface area (Å²) < 4.78 is 12.9. The highest BCUT2D eigenvalue weighted by atomic mass is 35.5. The fourth-order valence-electron chi connectivity index (χ4n) is 2.33. The number of halogens is 2. The molecule has 2 aromatic heterocycles. The van der Waals surface area contributed by atoms with Crippen LogP contribution in [0.15, 0.2) is 47.1 Å². The van der Waals surface area contributed by atoms with Gasteiger partial charge in [-0.1, -0.05) is 23.2 Å². The Bertz CT molecular complexity index is 905. The monoisotopic (exact) mass is 393 g/mol. The van der Waals surface area contributed by atoms with Gasteiger partial charge in [-0.3, -0.25) is 9.48 Å². The molecule has 6 nitrogen and oxygen atoms in total. The normalized spacial score (nSPS) is 10.7. The molecule has 0 unspecified atom stereocenters. The Labute approximate surface area is 160 Å². The average molecular weight is 394 g/mol. The highest BCUT2D eigenvalue weighted by molar-refractivity contribution is 6.30. The summed E-state index contributed by atoms with van der Waals surface area (Å²) in [6.07, 6.45) is 3.24. The van der Waals surface area contributed by atoms with E-state index in [9.17, 15) is 4.79 Å². The molecule has 3 aromatic rings. The van der Waals surface area contributed by atoms with Gasteiger partial charge in [0.1, 0.15) is 18.1 Å². The third-order valence-electron chi connectivity index (χ3n) is 3.62. The molecule has 1 amide bonds. The molecule has 0 saturated heterocycles. The number of hydrogen-bond donors (Lipinski definition) is 1. The van der Waals surface area contributed by atoms with Crippen LogP contribution in [0.5, 0.6) is 5.75 Å². The number of aromatic nitrogens is 2. The van der Waals surface area contributed by atoms with Crippen LogP contribution >= 0.6 is 23.2 Å². The largest absolute Gasteiger partial charge is 0.485 e. The second-order valence-corrected chi connectivity index (χ2v) is 6.51. The Hall–Kier alpha value is -2.44. The van der Waals surface area contributed by atoms with Crippen molar-refractivity contribution in [1.82, 2.24) is 15.1 Å². The second-order valence-electron chi connectivity index (χ2n) is 5.64. The molecule has 0 aliphatic rings. The first-order valence-electron chi connectivity index (χ1n) is 7.95. The van der Waals surface area contributed by atoms with Crippen molar-refractivity contribution < 1.29 is 13.9 Å². The number of ether oxygens (including phenoxy) is 1. The lowest BCUT2D eigenvalue weighted by Gasteiger charge is -2.07. The maximum atomic E-state index is 12.1. The lowest BCUT2D eigenvalue weighted by molar-refractivity contribution is 0.0920. The summed E-state index contributed by atoms with van der Waals surface area (Å²) in [7, 11) is 0. The molecule has 8 heteroatoms. The van der Waals surface area contributed by atoms with E-state index >= 15 is 0 Å². The van der Waals surface area contributed by atoms with Gasteiger partial charge in [0, 0.05) is 17.8 Å². The van der Waals surface area contributed by atoms with E-state index in [0.29, 0.717) is 28.9 Å². The van der Waals surface area contributed by atoms with Crippen LogP contribution in [-0.4, -0.2) is 22.2 Å². The Morgan fingerprint density at radius 2 is 2.12 bits per heavy atom. The minimum absolute atomic E-state index is 0.224. The number of carbonyl (C=O) groups excluding carboxylic acids is 1. The Morgan fingerprint density at radius 1 is 1.27 bits per heavy atom. The molecule has 0 saturated carbocycles. The number of amides is 1. The maximum absolute atomic E-state index is 12.1. The molecule has 136 valence electrons. The summed E-state index contributed by atoms with van der Waals surface area (Å²) in [5, 5.41) is 8.02. The van der Waals surface area contributed by atoms with Gasteiger partial charge in [-0.05, 0) is 42.8 Å². The number of furan rings is 1. The van der Waals surface area contributed by atoms with Crippen molar-refractivity contribution in [3.05, 3.63) is 69.9 Å². The molecule has 0 atom stereocenters. The predicted molar refractivity (Wildman–Crippen MR) is 98.8 cm³/mol. The van der Waals surface area contributed by atoms with Crippen molar-refractivity contribution in [2.24, 2.45) is 0 Å². The van der Waals surface area contributed by atoms with E-state index in [1.807, 2.05) is 13.0 Å². The summed E-state index contributed by atoms with van der Waals surface area (Å²) in [5.74, 6) is 1.21. The van der Waals surface area contributed by atoms with E-state index in [-0.39, 0.29) is 18.3 Å². The maximum Gasteiger partial charge on any atom is 0.287 e. The Morgan fingerprint density at radius 3 is 2.85 bits per heavy atom. The van der Waals surface area contributed by atoms with E-state index in [1.54, 1.807) is 41.3 Å². The number of benzene rings is 1. The standard InChI is InChI=1S/C18H17Cl2N3O3/c1-12-8-13(19)2-4-16(12)25-11-15-3-5-17(26-15)18(24)21-6-7-23-10-14(20)9-22-23/h2-5,8-10H,6-7,11H2,1H3,(H,21,24). The molecule has 1 N–H and O–H groups in total. The van der Waals surface area contributed by atoms with Gasteiger partial charge in [-0.15, -0.1) is 0 Å². The number of nitrogens with one attached hydrogen (secondary N) is 1. The van der Waals surface area contributed by atoms with Crippen LogP contribution in [-0.2, 0) is 13.2 Å². The number of rotatable bonds is 7. The predicted octanol–water partition coefficient (Wildman–Crippen LogP) is 4.10. The van der Waals surface area contributed by atoms with Crippen LogP contribution in [0.3, 0.4) is 0 Å². The number of hydrogen-bond acceptors (Lipinski definition) is 4. The van der Waals surface area contributed by atoms with E-state index in [1.165, 1.54) is 0 Å². The third-order valence-corrected chi connectivity index (χ3v) is 4.05. The molecular formula is C18H17Cl2N3O3. The van der Waals surface area contributed by atoms with E-state index in [4.69, 9.17) is 32.4 Å². The summed E-state index contributed by atoms with van der Waals surface area (Å²) in [5.41, 5.74) is 0.931. The lowest BCUT2D eigenvalue weighted by Crippen LogP contribution is -2.27. The van der Waals surface area contributed by atoms with Gasteiger partial charge in [-0.25, -0.2) is 0 Å². The summed E-state index contributed by atoms with van der Waals surface area (Å²) in [6.45, 7) is 3.06. The van der Waals surface area contributed by atoms with Gasteiger partial charge >= 0.3 is 0 Å². The van der Waals surface area contributed by atoms with Gasteiger partial charge in [-0.2, -0.15) is 5.10 Å². The summed E-state index contributed by atoms with van der Waals surface area (Å²) >= 11 is 11.7. The smallest absolute Gasteiger partial charge is 0.287 e. The first-order valence-corrected chi connectivity index (χ1v) is 8.70. The highest BCUT2D eigenvalue weighted by Gasteiger charge is 2.11. The first kappa shape index (κ1) is 18.4. The van der Waals surface area contributed by atoms with Crippen molar-refractivity contribution in [3.63, 3.8) is 0 Å². The second kappa shape index (κ2) is 8.29. The molecule has 2 heterocycles. The molecule has 0 spiro atoms. The molecule has 0 fully saturated rings. The van der Waals surface area contributed by atoms with Gasteiger partial charge < -0.3 is 14.5 Å². The van der Waals surface area contributed by atoms with E-state index in [0.717, 1.165) is 11.3 Å². The van der Waals surface area contributed by atoms with Crippen molar-refractivity contribution in [3.8, 4) is 5.75 Å². The summed E-state index contributed by atoms with van der Waals surface area (Å²) in [4.78, 5) is 12.1. The van der Waals surface area contributed by atoms with Crippen LogP contribution in [0.2, 0.25) is 10.0 Å². The molecule has 3 rings (SSSR count). The molecule has 26 heavy (non-hydrogen) atoms. The molecule has 0 aliphatic carbocycles. The Balaban J connectivity index is 1.49. The Kier molecular flexibility index (Phi) is 5.85. The fourth-order valence-corrected chi connectivity index (χ4v) is 2.72. The molecule has 0 radical (unpaired) electrons. The molecule has 1 aromatic carbocycles. The van der Waals surface area contributed by atoms with Gasteiger partial charge in [0.2, 0.25) is 0 Å². The van der Waals surface area contributed by atoms with Crippen LogP contribution in [0.1, 0.15) is 21.9 Å². The molecule has 0 aliphatic heterocycles. The van der Waals surface area contributed by atoms with Crippen LogP contribution in [0, 0.1) is 6.92 Å². The van der Waals surface area contributed by atoms with Crippen LogP contribution in [0.25, 0.3) is 0 Å². The van der Waals surface area contributed by atoms with E-state index < -0.39 is 0 Å². The SMILES string of the molecule is Cc1cc(Cl)ccc1OCc1ccc(C(=O)NCCn2cc(Cl)cn2)o1. The quantitative estimate of drug-likeness (QED) is 0.655. The van der Waals surface area contributed by atoms with Crippen molar-refractivity contribution in [1.29, 1.82) is 0 Å². The van der Waals surface area contributed by atoms with Gasteiger partial charge in [0.25, 0.3) is 5.91 Å². The first-order chi connectivity index (χ1) is 12.5. The number of carbonyl (C=O) groups is 1. The number of nitrogens with zero attached hydrogens (tertiary/aromatic N) is 2. The summed E-state index contributed by atoms with van der Waals surface area (Å²) in [6, 6.07) is 8.72. The van der Waals surface area contributed by atoms with Crippen molar-refractivity contribution in [2.45, 2.75) is 20.1 Å². The third kappa shape index (κ3) is 4.80. The molecule has 0 bridgehead atoms. The fraction of sp³-hybridized carbons (Fsp3) is 0.222. The average Bonchev–Trinajstić information content (AvgIpc) is 3.23. The van der Waals surface area contributed by atoms with Crippen LogP contribution < -0.4 is 10.1 Å². The zero-order chi connectivity index (χ0) is 18.5. The van der Waals surface area contributed by atoms with E-state index in [2.05, 4.69) is 10.4 Å². The van der Waals surface area contributed by atoms with Gasteiger partial charge in [0.05, 0.1) is 17.8 Å². The minimum atomic E-state index is -0.294. The van der Waals surface area contributed by atoms with Crippen molar-refractivity contribution >= 4 is 29.1 Å². The molecular weight excluding hydrogens is 377 g/mol. The minimum Gasteiger partial charge on any atom is -0.485 e. The number of aryl methyl sites for hydroxylation is 1. The van der Waals surface area contributed by atoms with Gasteiger partial charge in [0.15, 0.2) is 5.76 Å².